The summed E-state index contributed by atoms with van der Waals surface area (Å²) in [5, 5.41) is 2.14. The molecule has 4 rings (SSSR count). The highest BCUT2D eigenvalue weighted by atomic mass is 16.5. The van der Waals surface area contributed by atoms with Crippen molar-refractivity contribution in [2.75, 3.05) is 26.8 Å². The van der Waals surface area contributed by atoms with E-state index >= 15 is 0 Å². The van der Waals surface area contributed by atoms with E-state index in [1.807, 2.05) is 35.2 Å². The SMILES string of the molecule is COc1ncc(-c2ccc3ccc(OCC(=O)N4CCCC4)cc3c2)cn1. The molecule has 3 aromatic rings. The Hall–Kier alpha value is -3.15. The lowest BCUT2D eigenvalue weighted by Crippen LogP contribution is -2.32. The fourth-order valence-corrected chi connectivity index (χ4v) is 3.27. The third-order valence-corrected chi connectivity index (χ3v) is 4.78. The van der Waals surface area contributed by atoms with Gasteiger partial charge in [-0.15, -0.1) is 0 Å². The Morgan fingerprint density at radius 1 is 1.00 bits per heavy atom. The summed E-state index contributed by atoms with van der Waals surface area (Å²) < 4.78 is 10.7. The Balaban J connectivity index is 1.52. The van der Waals surface area contributed by atoms with E-state index in [-0.39, 0.29) is 12.5 Å². The van der Waals surface area contributed by atoms with Crippen LogP contribution in [-0.2, 0) is 4.79 Å². The molecule has 0 saturated carbocycles. The molecule has 6 nitrogen and oxygen atoms in total. The Morgan fingerprint density at radius 3 is 2.48 bits per heavy atom. The van der Waals surface area contributed by atoms with E-state index < -0.39 is 0 Å². The first-order valence-electron chi connectivity index (χ1n) is 9.04. The summed E-state index contributed by atoms with van der Waals surface area (Å²) in [5.74, 6) is 0.745. The minimum absolute atomic E-state index is 0.0525. The molecular weight excluding hydrogens is 342 g/mol. The normalized spacial score (nSPS) is 13.7. The molecule has 1 aliphatic heterocycles. The van der Waals surface area contributed by atoms with Crippen LogP contribution in [0.15, 0.2) is 48.8 Å². The third-order valence-electron chi connectivity index (χ3n) is 4.78. The van der Waals surface area contributed by atoms with Crippen molar-refractivity contribution in [3.63, 3.8) is 0 Å². The fourth-order valence-electron chi connectivity index (χ4n) is 3.27. The molecule has 1 aliphatic rings. The second-order valence-corrected chi connectivity index (χ2v) is 6.56. The van der Waals surface area contributed by atoms with E-state index in [9.17, 15) is 4.79 Å². The van der Waals surface area contributed by atoms with E-state index in [1.165, 1.54) is 0 Å². The molecule has 0 aliphatic carbocycles. The van der Waals surface area contributed by atoms with Crippen molar-refractivity contribution in [1.29, 1.82) is 0 Å². The Kier molecular flexibility index (Phi) is 4.87. The number of amides is 1. The fraction of sp³-hybridized carbons (Fsp3) is 0.286. The van der Waals surface area contributed by atoms with Gasteiger partial charge in [0.05, 0.1) is 7.11 Å². The molecule has 27 heavy (non-hydrogen) atoms. The van der Waals surface area contributed by atoms with Crippen LogP contribution in [0, 0.1) is 0 Å². The average molecular weight is 363 g/mol. The van der Waals surface area contributed by atoms with Gasteiger partial charge in [-0.2, -0.15) is 0 Å². The summed E-state index contributed by atoms with van der Waals surface area (Å²) >= 11 is 0. The molecule has 1 fully saturated rings. The van der Waals surface area contributed by atoms with Gasteiger partial charge in [0.1, 0.15) is 5.75 Å². The second kappa shape index (κ2) is 7.61. The zero-order valence-electron chi connectivity index (χ0n) is 15.2. The van der Waals surface area contributed by atoms with Crippen LogP contribution in [0.3, 0.4) is 0 Å². The molecular formula is C21H21N3O3. The van der Waals surface area contributed by atoms with Crippen molar-refractivity contribution in [2.45, 2.75) is 12.8 Å². The van der Waals surface area contributed by atoms with E-state index in [2.05, 4.69) is 16.0 Å². The molecule has 1 aromatic heterocycles. The summed E-state index contributed by atoms with van der Waals surface area (Å²) in [6.45, 7) is 1.76. The summed E-state index contributed by atoms with van der Waals surface area (Å²) in [4.78, 5) is 22.3. The molecule has 0 unspecified atom stereocenters. The Morgan fingerprint density at radius 2 is 1.74 bits per heavy atom. The Bertz CT molecular complexity index is 951. The predicted molar refractivity (Wildman–Crippen MR) is 103 cm³/mol. The molecule has 1 amide bonds. The summed E-state index contributed by atoms with van der Waals surface area (Å²) in [6, 6.07) is 12.3. The largest absolute Gasteiger partial charge is 0.484 e. The molecule has 0 atom stereocenters. The molecule has 0 radical (unpaired) electrons. The number of hydrogen-bond donors (Lipinski definition) is 0. The van der Waals surface area contributed by atoms with Gasteiger partial charge in [0.15, 0.2) is 6.61 Å². The number of aromatic nitrogens is 2. The number of carbonyl (C=O) groups excluding carboxylic acids is 1. The highest BCUT2D eigenvalue weighted by Gasteiger charge is 2.18. The summed E-state index contributed by atoms with van der Waals surface area (Å²) in [5.41, 5.74) is 1.92. The molecule has 0 spiro atoms. The topological polar surface area (TPSA) is 64.6 Å². The molecule has 6 heteroatoms. The number of hydrogen-bond acceptors (Lipinski definition) is 5. The number of rotatable bonds is 5. The number of benzene rings is 2. The van der Waals surface area contributed by atoms with Gasteiger partial charge in [0.25, 0.3) is 5.91 Å². The molecule has 1 saturated heterocycles. The van der Waals surface area contributed by atoms with Gasteiger partial charge in [-0.3, -0.25) is 4.79 Å². The molecule has 2 aromatic carbocycles. The third kappa shape index (κ3) is 3.84. The zero-order chi connectivity index (χ0) is 18.6. The monoisotopic (exact) mass is 363 g/mol. The smallest absolute Gasteiger partial charge is 0.316 e. The van der Waals surface area contributed by atoms with Gasteiger partial charge >= 0.3 is 6.01 Å². The van der Waals surface area contributed by atoms with Crippen LogP contribution < -0.4 is 9.47 Å². The molecule has 0 bridgehead atoms. The lowest BCUT2D eigenvalue weighted by atomic mass is 10.0. The van der Waals surface area contributed by atoms with Crippen molar-refractivity contribution in [2.24, 2.45) is 0 Å². The quantitative estimate of drug-likeness (QED) is 0.696. The number of nitrogens with zero attached hydrogens (tertiary/aromatic N) is 3. The van der Waals surface area contributed by atoms with Gasteiger partial charge in [-0.1, -0.05) is 18.2 Å². The molecule has 2 heterocycles. The van der Waals surface area contributed by atoms with Crippen molar-refractivity contribution in [3.8, 4) is 22.9 Å². The van der Waals surface area contributed by atoms with Crippen molar-refractivity contribution in [1.82, 2.24) is 14.9 Å². The summed E-state index contributed by atoms with van der Waals surface area (Å²) in [6.07, 6.45) is 5.64. The maximum absolute atomic E-state index is 12.2. The molecule has 138 valence electrons. The van der Waals surface area contributed by atoms with Crippen LogP contribution in [0.25, 0.3) is 21.9 Å². The number of fused-ring (bicyclic) bond motifs is 1. The highest BCUT2D eigenvalue weighted by molar-refractivity contribution is 5.88. The van der Waals surface area contributed by atoms with E-state index in [1.54, 1.807) is 19.5 Å². The van der Waals surface area contributed by atoms with Crippen LogP contribution >= 0.6 is 0 Å². The van der Waals surface area contributed by atoms with Gasteiger partial charge in [0.2, 0.25) is 0 Å². The van der Waals surface area contributed by atoms with Crippen LogP contribution in [0.2, 0.25) is 0 Å². The minimum atomic E-state index is 0.0525. The van der Waals surface area contributed by atoms with Gasteiger partial charge < -0.3 is 14.4 Å². The Labute approximate surface area is 157 Å². The lowest BCUT2D eigenvalue weighted by Gasteiger charge is -2.15. The van der Waals surface area contributed by atoms with Crippen LogP contribution in [0.1, 0.15) is 12.8 Å². The zero-order valence-corrected chi connectivity index (χ0v) is 15.2. The highest BCUT2D eigenvalue weighted by Crippen LogP contribution is 2.27. The van der Waals surface area contributed by atoms with Gasteiger partial charge in [-0.25, -0.2) is 9.97 Å². The summed E-state index contributed by atoms with van der Waals surface area (Å²) in [7, 11) is 1.54. The van der Waals surface area contributed by atoms with Crippen LogP contribution in [0.5, 0.6) is 11.8 Å². The van der Waals surface area contributed by atoms with Gasteiger partial charge in [-0.05, 0) is 47.4 Å². The average Bonchev–Trinajstić information content (AvgIpc) is 3.26. The first kappa shape index (κ1) is 17.3. The van der Waals surface area contributed by atoms with Crippen molar-refractivity contribution >= 4 is 16.7 Å². The lowest BCUT2D eigenvalue weighted by molar-refractivity contribution is -0.132. The molecule has 0 N–H and O–H groups in total. The number of likely N-dealkylation sites (tertiary alicyclic amines) is 1. The van der Waals surface area contributed by atoms with E-state index in [0.29, 0.717) is 11.8 Å². The van der Waals surface area contributed by atoms with Crippen molar-refractivity contribution in [3.05, 3.63) is 48.8 Å². The predicted octanol–water partition coefficient (Wildman–Crippen LogP) is 3.31. The number of carbonyl (C=O) groups is 1. The van der Waals surface area contributed by atoms with Crippen molar-refractivity contribution < 1.29 is 14.3 Å². The van der Waals surface area contributed by atoms with E-state index in [4.69, 9.17) is 9.47 Å². The number of methoxy groups -OCH3 is 1. The maximum atomic E-state index is 12.2. The van der Waals surface area contributed by atoms with Crippen LogP contribution in [-0.4, -0.2) is 47.6 Å². The minimum Gasteiger partial charge on any atom is -0.484 e. The first-order chi connectivity index (χ1) is 13.2. The van der Waals surface area contributed by atoms with Gasteiger partial charge in [0, 0.05) is 31.0 Å². The van der Waals surface area contributed by atoms with Crippen LogP contribution in [0.4, 0.5) is 0 Å². The first-order valence-corrected chi connectivity index (χ1v) is 9.04. The second-order valence-electron chi connectivity index (χ2n) is 6.56. The maximum Gasteiger partial charge on any atom is 0.316 e. The van der Waals surface area contributed by atoms with E-state index in [0.717, 1.165) is 47.8 Å². The standard InChI is InChI=1S/C21H21N3O3/c1-26-21-22-12-18(13-23-21)16-5-4-15-6-7-19(11-17(15)10-16)27-14-20(25)24-8-2-3-9-24/h4-7,10-13H,2-3,8-9,14H2,1H3. The number of ether oxygens (including phenoxy) is 2.